The van der Waals surface area contributed by atoms with Crippen molar-refractivity contribution < 1.29 is 9.53 Å². The molecule has 1 aromatic carbocycles. The minimum atomic E-state index is -0.653. The van der Waals surface area contributed by atoms with Gasteiger partial charge in [-0.25, -0.2) is 0 Å². The van der Waals surface area contributed by atoms with Crippen LogP contribution in [0.4, 0.5) is 0 Å². The molecule has 1 atom stereocenters. The van der Waals surface area contributed by atoms with E-state index in [0.717, 1.165) is 23.3 Å². The van der Waals surface area contributed by atoms with Crippen molar-refractivity contribution in [1.29, 1.82) is 0 Å². The second-order valence-corrected chi connectivity index (χ2v) is 8.88. The summed E-state index contributed by atoms with van der Waals surface area (Å²) in [5, 5.41) is 6.30. The van der Waals surface area contributed by atoms with E-state index in [1.54, 1.807) is 11.9 Å². The third-order valence-electron chi connectivity index (χ3n) is 7.23. The summed E-state index contributed by atoms with van der Waals surface area (Å²) in [6, 6.07) is 9.96. The Balaban J connectivity index is 1.55. The van der Waals surface area contributed by atoms with Gasteiger partial charge in [-0.3, -0.25) is 4.79 Å². The SMILES string of the molecule is CC(=O)N1N=C(c2ccccc2)O[C@@]1(C)C12CC3CC(CC(C3)C1)C2. The van der Waals surface area contributed by atoms with Gasteiger partial charge in [-0.05, 0) is 75.3 Å². The summed E-state index contributed by atoms with van der Waals surface area (Å²) < 4.78 is 6.55. The molecule has 25 heavy (non-hydrogen) atoms. The Labute approximate surface area is 149 Å². The number of amides is 1. The minimum absolute atomic E-state index is 0.0239. The van der Waals surface area contributed by atoms with E-state index in [1.807, 2.05) is 30.3 Å². The number of carbonyl (C=O) groups is 1. The van der Waals surface area contributed by atoms with Gasteiger partial charge in [-0.2, -0.15) is 5.01 Å². The lowest BCUT2D eigenvalue weighted by Crippen LogP contribution is -2.63. The lowest BCUT2D eigenvalue weighted by molar-refractivity contribution is -0.216. The fraction of sp³-hybridized carbons (Fsp3) is 0.619. The standard InChI is InChI=1S/C21H26N2O2/c1-14(24)23-20(2,25-19(22-23)18-6-4-3-5-7-18)21-11-15-8-16(12-21)10-17(9-15)13-21/h3-7,15-17H,8-13H2,1-2H3/t15?,16?,17?,20-,21?/m0/s1. The molecule has 132 valence electrons. The van der Waals surface area contributed by atoms with Crippen molar-refractivity contribution in [1.82, 2.24) is 5.01 Å². The van der Waals surface area contributed by atoms with Crippen molar-refractivity contribution in [3.8, 4) is 0 Å². The average Bonchev–Trinajstić information content (AvgIpc) is 2.94. The van der Waals surface area contributed by atoms with Gasteiger partial charge in [0.1, 0.15) is 0 Å². The Morgan fingerprint density at radius 1 is 1.08 bits per heavy atom. The number of carbonyl (C=O) groups excluding carboxylic acids is 1. The first-order valence-corrected chi connectivity index (χ1v) is 9.63. The molecule has 1 heterocycles. The van der Waals surface area contributed by atoms with Gasteiger partial charge in [0, 0.05) is 17.9 Å². The average molecular weight is 338 g/mol. The fourth-order valence-corrected chi connectivity index (χ4v) is 6.52. The lowest BCUT2D eigenvalue weighted by Gasteiger charge is -2.61. The highest BCUT2D eigenvalue weighted by Gasteiger charge is 2.65. The summed E-state index contributed by atoms with van der Waals surface area (Å²) >= 11 is 0. The molecule has 1 amide bonds. The Bertz CT molecular complexity index is 706. The van der Waals surface area contributed by atoms with Crippen LogP contribution in [0.5, 0.6) is 0 Å². The van der Waals surface area contributed by atoms with Gasteiger partial charge < -0.3 is 4.74 Å². The number of hydrazone groups is 1. The van der Waals surface area contributed by atoms with Crippen LogP contribution in [0.25, 0.3) is 0 Å². The van der Waals surface area contributed by atoms with Crippen LogP contribution >= 0.6 is 0 Å². The maximum Gasteiger partial charge on any atom is 0.243 e. The van der Waals surface area contributed by atoms with E-state index in [-0.39, 0.29) is 11.3 Å². The maximum atomic E-state index is 12.5. The Morgan fingerprint density at radius 3 is 2.16 bits per heavy atom. The number of nitrogens with zero attached hydrogens (tertiary/aromatic N) is 2. The molecule has 4 aliphatic carbocycles. The molecule has 4 fully saturated rings. The van der Waals surface area contributed by atoms with Gasteiger partial charge in [0.05, 0.1) is 0 Å². The molecule has 1 aromatic rings. The quantitative estimate of drug-likeness (QED) is 0.812. The summed E-state index contributed by atoms with van der Waals surface area (Å²) in [6.07, 6.45) is 7.66. The zero-order chi connectivity index (χ0) is 17.2. The van der Waals surface area contributed by atoms with E-state index >= 15 is 0 Å². The van der Waals surface area contributed by atoms with E-state index in [0.29, 0.717) is 5.90 Å². The molecule has 0 spiro atoms. The first-order valence-electron chi connectivity index (χ1n) is 9.63. The summed E-state index contributed by atoms with van der Waals surface area (Å²) in [5.74, 6) is 2.99. The number of hydrogen-bond donors (Lipinski definition) is 0. The zero-order valence-electron chi connectivity index (χ0n) is 15.1. The summed E-state index contributed by atoms with van der Waals surface area (Å²) in [5.41, 5.74) is 0.343. The van der Waals surface area contributed by atoms with Gasteiger partial charge in [0.15, 0.2) is 0 Å². The van der Waals surface area contributed by atoms with Crippen LogP contribution in [-0.2, 0) is 9.53 Å². The molecule has 4 heteroatoms. The third-order valence-corrected chi connectivity index (χ3v) is 7.23. The van der Waals surface area contributed by atoms with Crippen molar-refractivity contribution in [3.05, 3.63) is 35.9 Å². The van der Waals surface area contributed by atoms with Crippen LogP contribution in [0.1, 0.15) is 57.9 Å². The molecular formula is C21H26N2O2. The van der Waals surface area contributed by atoms with Crippen LogP contribution in [-0.4, -0.2) is 22.5 Å². The molecule has 0 aromatic heterocycles. The fourth-order valence-electron chi connectivity index (χ4n) is 6.52. The van der Waals surface area contributed by atoms with E-state index in [1.165, 1.54) is 38.5 Å². The van der Waals surface area contributed by atoms with Crippen LogP contribution < -0.4 is 0 Å². The molecular weight excluding hydrogens is 312 g/mol. The second-order valence-electron chi connectivity index (χ2n) is 8.88. The van der Waals surface area contributed by atoms with Gasteiger partial charge >= 0.3 is 0 Å². The summed E-state index contributed by atoms with van der Waals surface area (Å²) in [7, 11) is 0. The molecule has 6 rings (SSSR count). The number of ether oxygens (including phenoxy) is 1. The zero-order valence-corrected chi connectivity index (χ0v) is 15.1. The van der Waals surface area contributed by atoms with Crippen molar-refractivity contribution in [2.45, 2.75) is 58.1 Å². The summed E-state index contributed by atoms with van der Waals surface area (Å²) in [6.45, 7) is 3.72. The van der Waals surface area contributed by atoms with Gasteiger partial charge in [0.25, 0.3) is 0 Å². The van der Waals surface area contributed by atoms with E-state index in [2.05, 4.69) is 12.0 Å². The number of rotatable bonds is 2. The van der Waals surface area contributed by atoms with Gasteiger partial charge in [-0.1, -0.05) is 18.2 Å². The van der Waals surface area contributed by atoms with E-state index in [4.69, 9.17) is 4.74 Å². The van der Waals surface area contributed by atoms with Crippen LogP contribution in [0.2, 0.25) is 0 Å². The molecule has 0 N–H and O–H groups in total. The molecule has 0 saturated heterocycles. The monoisotopic (exact) mass is 338 g/mol. The largest absolute Gasteiger partial charge is 0.447 e. The van der Waals surface area contributed by atoms with Crippen molar-refractivity contribution in [2.75, 3.05) is 0 Å². The second kappa shape index (κ2) is 5.09. The molecule has 4 nitrogen and oxygen atoms in total. The lowest BCUT2D eigenvalue weighted by atomic mass is 9.47. The molecule has 5 aliphatic rings. The van der Waals surface area contributed by atoms with Gasteiger partial charge in [-0.15, -0.1) is 5.10 Å². The molecule has 1 aliphatic heterocycles. The summed E-state index contributed by atoms with van der Waals surface area (Å²) in [4.78, 5) is 12.5. The first kappa shape index (κ1) is 15.4. The minimum Gasteiger partial charge on any atom is -0.447 e. The Morgan fingerprint density at radius 2 is 1.64 bits per heavy atom. The number of benzene rings is 1. The topological polar surface area (TPSA) is 41.9 Å². The predicted octanol–water partition coefficient (Wildman–Crippen LogP) is 4.16. The Hall–Kier alpha value is -1.84. The smallest absolute Gasteiger partial charge is 0.243 e. The van der Waals surface area contributed by atoms with Crippen molar-refractivity contribution >= 4 is 11.8 Å². The van der Waals surface area contributed by atoms with Crippen molar-refractivity contribution in [2.24, 2.45) is 28.3 Å². The highest BCUT2D eigenvalue weighted by atomic mass is 16.6. The van der Waals surface area contributed by atoms with Crippen molar-refractivity contribution in [3.63, 3.8) is 0 Å². The van der Waals surface area contributed by atoms with Crippen LogP contribution in [0, 0.1) is 23.2 Å². The maximum absolute atomic E-state index is 12.5. The predicted molar refractivity (Wildman–Crippen MR) is 95.6 cm³/mol. The highest BCUT2D eigenvalue weighted by Crippen LogP contribution is 2.65. The van der Waals surface area contributed by atoms with Crippen LogP contribution in [0.3, 0.4) is 0 Å². The molecule has 0 unspecified atom stereocenters. The normalized spacial score (nSPS) is 41.6. The highest BCUT2D eigenvalue weighted by molar-refractivity contribution is 5.96. The van der Waals surface area contributed by atoms with Gasteiger partial charge in [0.2, 0.25) is 17.5 Å². The molecule has 4 saturated carbocycles. The first-order chi connectivity index (χ1) is 12.0. The molecule has 4 bridgehead atoms. The number of hydrogen-bond acceptors (Lipinski definition) is 3. The van der Waals surface area contributed by atoms with E-state index < -0.39 is 5.72 Å². The van der Waals surface area contributed by atoms with E-state index in [9.17, 15) is 4.79 Å². The molecule has 0 radical (unpaired) electrons. The Kier molecular flexibility index (Phi) is 3.14. The van der Waals surface area contributed by atoms with Crippen LogP contribution in [0.15, 0.2) is 35.4 Å². The third kappa shape index (κ3) is 2.12.